The lowest BCUT2D eigenvalue weighted by atomic mass is 10.0. The molecule has 0 saturated heterocycles. The van der Waals surface area contributed by atoms with E-state index in [1.54, 1.807) is 27.7 Å². The predicted octanol–water partition coefficient (Wildman–Crippen LogP) is 1.95. The Kier molecular flexibility index (Phi) is 5.82. The third-order valence-corrected chi connectivity index (χ3v) is 5.27. The minimum Gasteiger partial charge on any atom is -0.477 e. The zero-order valence-electron chi connectivity index (χ0n) is 15.4. The summed E-state index contributed by atoms with van der Waals surface area (Å²) in [5, 5.41) is 9.55. The Hall–Kier alpha value is -2.26. The fraction of sp³-hybridized carbons (Fsp3) is 0.529. The lowest BCUT2D eigenvalue weighted by molar-refractivity contribution is -0.152. The monoisotopic (exact) mass is 382 g/mol. The molecule has 0 fully saturated rings. The van der Waals surface area contributed by atoms with Gasteiger partial charge in [-0.15, -0.1) is 11.3 Å². The number of rotatable bonds is 7. The van der Waals surface area contributed by atoms with Crippen molar-refractivity contribution in [2.75, 3.05) is 20.3 Å². The van der Waals surface area contributed by atoms with E-state index in [9.17, 15) is 19.5 Å². The van der Waals surface area contributed by atoms with Gasteiger partial charge in [-0.05, 0) is 33.3 Å². The summed E-state index contributed by atoms with van der Waals surface area (Å²) in [4.78, 5) is 42.0. The fourth-order valence-corrected chi connectivity index (χ4v) is 3.79. The number of carboxylic acids is 1. The van der Waals surface area contributed by atoms with Gasteiger partial charge in [0, 0.05) is 13.5 Å². The zero-order valence-corrected chi connectivity index (χ0v) is 16.2. The van der Waals surface area contributed by atoms with E-state index in [1.165, 1.54) is 11.7 Å². The number of ether oxygens (including phenoxy) is 2. The first-order valence-electron chi connectivity index (χ1n) is 8.11. The first-order valence-corrected chi connectivity index (χ1v) is 8.93. The molecule has 0 aliphatic heterocycles. The van der Waals surface area contributed by atoms with Gasteiger partial charge in [0.25, 0.3) is 5.56 Å². The minimum absolute atomic E-state index is 0.0639. The van der Waals surface area contributed by atoms with Crippen LogP contribution in [0.2, 0.25) is 0 Å². The van der Waals surface area contributed by atoms with E-state index in [0.29, 0.717) is 29.2 Å². The van der Waals surface area contributed by atoms with E-state index in [4.69, 9.17) is 9.47 Å². The molecule has 0 aromatic carbocycles. The Morgan fingerprint density at radius 3 is 2.54 bits per heavy atom. The van der Waals surface area contributed by atoms with Crippen LogP contribution in [0.4, 0.5) is 0 Å². The van der Waals surface area contributed by atoms with Crippen LogP contribution in [0.3, 0.4) is 0 Å². The number of aromatic carboxylic acids is 1. The number of hydrogen-bond acceptors (Lipinski definition) is 7. The number of carboxylic acid groups (broad SMARTS) is 1. The first-order chi connectivity index (χ1) is 12.2. The van der Waals surface area contributed by atoms with Crippen LogP contribution in [0, 0.1) is 6.92 Å². The van der Waals surface area contributed by atoms with Crippen LogP contribution in [-0.4, -0.2) is 46.9 Å². The Bertz CT molecular complexity index is 912. The number of methoxy groups -OCH3 is 1. The van der Waals surface area contributed by atoms with Gasteiger partial charge in [0.1, 0.15) is 21.1 Å². The molecule has 2 aromatic rings. The van der Waals surface area contributed by atoms with Gasteiger partial charge < -0.3 is 14.6 Å². The molecule has 26 heavy (non-hydrogen) atoms. The SMILES string of the molecule is CCOC(=O)C(C)(C)n1c(CCOC)nc2sc(C(=O)O)c(C)c2c1=O. The van der Waals surface area contributed by atoms with Gasteiger partial charge in [-0.25, -0.2) is 14.6 Å². The zero-order chi connectivity index (χ0) is 19.6. The lowest BCUT2D eigenvalue weighted by Crippen LogP contribution is -2.46. The summed E-state index contributed by atoms with van der Waals surface area (Å²) >= 11 is 0.951. The third-order valence-electron chi connectivity index (χ3n) is 4.09. The largest absolute Gasteiger partial charge is 0.477 e. The topological polar surface area (TPSA) is 108 Å². The Morgan fingerprint density at radius 2 is 2.00 bits per heavy atom. The van der Waals surface area contributed by atoms with Crippen molar-refractivity contribution in [3.63, 3.8) is 0 Å². The maximum absolute atomic E-state index is 13.2. The summed E-state index contributed by atoms with van der Waals surface area (Å²) in [6, 6.07) is 0. The molecule has 0 aliphatic rings. The number of fused-ring (bicyclic) bond motifs is 1. The molecule has 0 unspecified atom stereocenters. The summed E-state index contributed by atoms with van der Waals surface area (Å²) in [6.07, 6.45) is 0.296. The quantitative estimate of drug-likeness (QED) is 0.729. The highest BCUT2D eigenvalue weighted by atomic mass is 32.1. The number of carbonyl (C=O) groups is 2. The molecule has 8 nitrogen and oxygen atoms in total. The van der Waals surface area contributed by atoms with Gasteiger partial charge in [-0.1, -0.05) is 0 Å². The highest BCUT2D eigenvalue weighted by Gasteiger charge is 2.36. The van der Waals surface area contributed by atoms with Crippen molar-refractivity contribution in [1.82, 2.24) is 9.55 Å². The Labute approximate surface area is 154 Å². The smallest absolute Gasteiger partial charge is 0.346 e. The molecule has 1 N–H and O–H groups in total. The van der Waals surface area contributed by atoms with Crippen molar-refractivity contribution >= 4 is 33.5 Å². The molecule has 142 valence electrons. The van der Waals surface area contributed by atoms with Crippen LogP contribution >= 0.6 is 11.3 Å². The van der Waals surface area contributed by atoms with Crippen LogP contribution in [0.25, 0.3) is 10.2 Å². The first kappa shape index (κ1) is 20.1. The average molecular weight is 382 g/mol. The van der Waals surface area contributed by atoms with E-state index in [1.807, 2.05) is 0 Å². The highest BCUT2D eigenvalue weighted by molar-refractivity contribution is 7.20. The Balaban J connectivity index is 2.83. The number of aryl methyl sites for hydroxylation is 1. The molecule has 2 rings (SSSR count). The molecule has 0 spiro atoms. The molecule has 0 bridgehead atoms. The molecule has 0 saturated carbocycles. The average Bonchev–Trinajstić information content (AvgIpc) is 2.90. The van der Waals surface area contributed by atoms with E-state index >= 15 is 0 Å². The van der Waals surface area contributed by atoms with Gasteiger partial charge >= 0.3 is 11.9 Å². The van der Waals surface area contributed by atoms with Crippen LogP contribution < -0.4 is 5.56 Å². The lowest BCUT2D eigenvalue weighted by Gasteiger charge is -2.27. The molecular formula is C17H22N2O6S. The van der Waals surface area contributed by atoms with Crippen molar-refractivity contribution in [3.8, 4) is 0 Å². The van der Waals surface area contributed by atoms with Crippen molar-refractivity contribution in [1.29, 1.82) is 0 Å². The van der Waals surface area contributed by atoms with E-state index < -0.39 is 23.0 Å². The second-order valence-electron chi connectivity index (χ2n) is 6.23. The normalized spacial score (nSPS) is 11.7. The van der Waals surface area contributed by atoms with Crippen molar-refractivity contribution < 1.29 is 24.2 Å². The van der Waals surface area contributed by atoms with Crippen LogP contribution in [-0.2, 0) is 26.2 Å². The molecule has 0 amide bonds. The fourth-order valence-electron chi connectivity index (χ4n) is 2.77. The Morgan fingerprint density at radius 1 is 1.35 bits per heavy atom. The summed E-state index contributed by atoms with van der Waals surface area (Å²) in [6.45, 7) is 6.90. The number of thiophene rings is 1. The van der Waals surface area contributed by atoms with Crippen molar-refractivity contribution in [2.24, 2.45) is 0 Å². The maximum Gasteiger partial charge on any atom is 0.346 e. The van der Waals surface area contributed by atoms with Gasteiger partial charge in [-0.2, -0.15) is 0 Å². The molecule has 0 aliphatic carbocycles. The molecule has 9 heteroatoms. The summed E-state index contributed by atoms with van der Waals surface area (Å²) < 4.78 is 11.5. The standard InChI is InChI=1S/C17H22N2O6S/c1-6-25-16(23)17(3,4)19-10(7-8-24-5)18-13-11(14(19)20)9(2)12(26-13)15(21)22/h6-8H2,1-5H3,(H,21,22). The summed E-state index contributed by atoms with van der Waals surface area (Å²) in [7, 11) is 1.52. The predicted molar refractivity (Wildman–Crippen MR) is 97.1 cm³/mol. The van der Waals surface area contributed by atoms with Crippen LogP contribution in [0.15, 0.2) is 4.79 Å². The minimum atomic E-state index is -1.30. The summed E-state index contributed by atoms with van der Waals surface area (Å²) in [5.74, 6) is -1.33. The van der Waals surface area contributed by atoms with Gasteiger partial charge in [0.15, 0.2) is 0 Å². The van der Waals surface area contributed by atoms with E-state index in [-0.39, 0.29) is 16.9 Å². The van der Waals surface area contributed by atoms with Gasteiger partial charge in [0.05, 0.1) is 18.6 Å². The number of nitrogens with zero attached hydrogens (tertiary/aromatic N) is 2. The molecule has 0 radical (unpaired) electrons. The van der Waals surface area contributed by atoms with Gasteiger partial charge in [-0.3, -0.25) is 9.36 Å². The van der Waals surface area contributed by atoms with E-state index in [0.717, 1.165) is 11.3 Å². The molecular weight excluding hydrogens is 360 g/mol. The second kappa shape index (κ2) is 7.55. The number of aromatic nitrogens is 2. The molecule has 2 heterocycles. The molecule has 0 atom stereocenters. The number of esters is 1. The third kappa shape index (κ3) is 3.36. The highest BCUT2D eigenvalue weighted by Crippen LogP contribution is 2.29. The molecule has 2 aromatic heterocycles. The van der Waals surface area contributed by atoms with Crippen molar-refractivity contribution in [2.45, 2.75) is 39.7 Å². The number of hydrogen-bond donors (Lipinski definition) is 1. The van der Waals surface area contributed by atoms with Gasteiger partial charge in [0.2, 0.25) is 0 Å². The number of carbonyl (C=O) groups excluding carboxylic acids is 1. The van der Waals surface area contributed by atoms with E-state index in [2.05, 4.69) is 4.98 Å². The maximum atomic E-state index is 13.2. The van der Waals surface area contributed by atoms with Crippen LogP contribution in [0.5, 0.6) is 0 Å². The second-order valence-corrected chi connectivity index (χ2v) is 7.23. The summed E-state index contributed by atoms with van der Waals surface area (Å²) in [5.41, 5.74) is -1.41. The van der Waals surface area contributed by atoms with Crippen LogP contribution in [0.1, 0.15) is 41.8 Å². The van der Waals surface area contributed by atoms with Crippen molar-refractivity contribution in [3.05, 3.63) is 26.6 Å².